The van der Waals surface area contributed by atoms with Crippen LogP contribution in [0.15, 0.2) is 0 Å². The fourth-order valence-electron chi connectivity index (χ4n) is 1.93. The van der Waals surface area contributed by atoms with Gasteiger partial charge in [0, 0.05) is 13.7 Å². The summed E-state index contributed by atoms with van der Waals surface area (Å²) in [4.78, 5) is 0. The lowest BCUT2D eigenvalue weighted by molar-refractivity contribution is -0.0505. The van der Waals surface area contributed by atoms with Crippen molar-refractivity contribution in [2.24, 2.45) is 5.41 Å². The van der Waals surface area contributed by atoms with Gasteiger partial charge in [0.2, 0.25) is 0 Å². The molecular weight excluding hydrogens is 140 g/mol. The molecule has 1 fully saturated rings. The monoisotopic (exact) mass is 158 g/mol. The first kappa shape index (κ1) is 9.01. The summed E-state index contributed by atoms with van der Waals surface area (Å²) in [5, 5.41) is 9.17. The molecule has 0 saturated heterocycles. The molecule has 1 aliphatic rings. The predicted molar refractivity (Wildman–Crippen MR) is 44.5 cm³/mol. The Morgan fingerprint density at radius 2 is 2.18 bits per heavy atom. The second kappa shape index (κ2) is 3.55. The fraction of sp³-hybridized carbons (Fsp3) is 1.00. The third-order valence-corrected chi connectivity index (χ3v) is 2.92. The van der Waals surface area contributed by atoms with Gasteiger partial charge in [0.05, 0.1) is 6.10 Å². The average Bonchev–Trinajstić information content (AvgIpc) is 1.96. The van der Waals surface area contributed by atoms with E-state index in [-0.39, 0.29) is 6.10 Å². The molecule has 0 heterocycles. The van der Waals surface area contributed by atoms with E-state index in [9.17, 15) is 5.11 Å². The SMILES string of the molecule is CCC1(CCOC)CC(O)C1. The summed E-state index contributed by atoms with van der Waals surface area (Å²) in [6.07, 6.45) is 4.20. The minimum atomic E-state index is -0.0354. The van der Waals surface area contributed by atoms with Crippen LogP contribution < -0.4 is 0 Å². The van der Waals surface area contributed by atoms with E-state index >= 15 is 0 Å². The number of rotatable bonds is 4. The Balaban J connectivity index is 2.26. The maximum Gasteiger partial charge on any atom is 0.0550 e. The molecule has 0 atom stereocenters. The Kier molecular flexibility index (Phi) is 2.90. The van der Waals surface area contributed by atoms with E-state index in [1.54, 1.807) is 7.11 Å². The van der Waals surface area contributed by atoms with Crippen LogP contribution >= 0.6 is 0 Å². The van der Waals surface area contributed by atoms with Crippen LogP contribution in [0.2, 0.25) is 0 Å². The van der Waals surface area contributed by atoms with E-state index in [1.165, 1.54) is 6.42 Å². The maximum atomic E-state index is 9.17. The van der Waals surface area contributed by atoms with Gasteiger partial charge in [-0.15, -0.1) is 0 Å². The predicted octanol–water partition coefficient (Wildman–Crippen LogP) is 1.57. The van der Waals surface area contributed by atoms with Gasteiger partial charge in [0.15, 0.2) is 0 Å². The zero-order valence-electron chi connectivity index (χ0n) is 7.47. The van der Waals surface area contributed by atoms with Crippen molar-refractivity contribution in [3.63, 3.8) is 0 Å². The first-order valence-electron chi connectivity index (χ1n) is 4.39. The summed E-state index contributed by atoms with van der Waals surface area (Å²) in [5.41, 5.74) is 0.412. The molecule has 0 spiro atoms. The number of hydrogen-bond donors (Lipinski definition) is 1. The second-order valence-corrected chi connectivity index (χ2v) is 3.66. The summed E-state index contributed by atoms with van der Waals surface area (Å²) in [6, 6.07) is 0. The first-order valence-corrected chi connectivity index (χ1v) is 4.39. The molecule has 0 aromatic rings. The summed E-state index contributed by atoms with van der Waals surface area (Å²) >= 11 is 0. The highest BCUT2D eigenvalue weighted by molar-refractivity contribution is 4.92. The molecule has 1 aliphatic carbocycles. The molecular formula is C9H18O2. The Labute approximate surface area is 68.6 Å². The molecule has 1 N–H and O–H groups in total. The minimum absolute atomic E-state index is 0.0354. The normalized spacial score (nSPS) is 36.8. The van der Waals surface area contributed by atoms with Crippen LogP contribution in [-0.4, -0.2) is 24.9 Å². The quantitative estimate of drug-likeness (QED) is 0.673. The molecule has 0 aromatic carbocycles. The van der Waals surface area contributed by atoms with Crippen molar-refractivity contribution < 1.29 is 9.84 Å². The van der Waals surface area contributed by atoms with Crippen LogP contribution in [0, 0.1) is 5.41 Å². The van der Waals surface area contributed by atoms with Gasteiger partial charge in [0.25, 0.3) is 0 Å². The molecule has 0 amide bonds. The van der Waals surface area contributed by atoms with Crippen molar-refractivity contribution in [1.82, 2.24) is 0 Å². The van der Waals surface area contributed by atoms with Crippen LogP contribution in [0.25, 0.3) is 0 Å². The van der Waals surface area contributed by atoms with Crippen LogP contribution in [-0.2, 0) is 4.74 Å². The molecule has 2 nitrogen and oxygen atoms in total. The smallest absolute Gasteiger partial charge is 0.0550 e. The van der Waals surface area contributed by atoms with Gasteiger partial charge >= 0.3 is 0 Å². The molecule has 2 heteroatoms. The van der Waals surface area contributed by atoms with E-state index in [2.05, 4.69) is 6.92 Å². The maximum absolute atomic E-state index is 9.17. The van der Waals surface area contributed by atoms with Crippen molar-refractivity contribution in [1.29, 1.82) is 0 Å². The number of hydrogen-bond acceptors (Lipinski definition) is 2. The second-order valence-electron chi connectivity index (χ2n) is 3.66. The molecule has 0 aromatic heterocycles. The molecule has 11 heavy (non-hydrogen) atoms. The van der Waals surface area contributed by atoms with Crippen molar-refractivity contribution in [3.8, 4) is 0 Å². The summed E-state index contributed by atoms with van der Waals surface area (Å²) in [5.74, 6) is 0. The lowest BCUT2D eigenvalue weighted by Crippen LogP contribution is -2.41. The van der Waals surface area contributed by atoms with Crippen molar-refractivity contribution >= 4 is 0 Å². The molecule has 1 rings (SSSR count). The van der Waals surface area contributed by atoms with Gasteiger partial charge in [-0.3, -0.25) is 0 Å². The van der Waals surface area contributed by atoms with E-state index in [4.69, 9.17) is 4.74 Å². The third-order valence-electron chi connectivity index (χ3n) is 2.92. The summed E-state index contributed by atoms with van der Waals surface area (Å²) < 4.78 is 5.03. The zero-order valence-corrected chi connectivity index (χ0v) is 7.47. The zero-order chi connectivity index (χ0) is 8.32. The number of ether oxygens (including phenoxy) is 1. The van der Waals surface area contributed by atoms with Crippen molar-refractivity contribution in [3.05, 3.63) is 0 Å². The number of aliphatic hydroxyl groups excluding tert-OH is 1. The van der Waals surface area contributed by atoms with Crippen LogP contribution in [0.5, 0.6) is 0 Å². The van der Waals surface area contributed by atoms with E-state index in [0.717, 1.165) is 25.9 Å². The molecule has 1 saturated carbocycles. The van der Waals surface area contributed by atoms with E-state index in [0.29, 0.717) is 5.41 Å². The van der Waals surface area contributed by atoms with Gasteiger partial charge in [-0.2, -0.15) is 0 Å². The largest absolute Gasteiger partial charge is 0.393 e. The van der Waals surface area contributed by atoms with E-state index in [1.807, 2.05) is 0 Å². The standard InChI is InChI=1S/C9H18O2/c1-3-9(4-5-11-2)6-8(10)7-9/h8,10H,3-7H2,1-2H3. The lowest BCUT2D eigenvalue weighted by Gasteiger charge is -2.45. The van der Waals surface area contributed by atoms with Crippen LogP contribution in [0.4, 0.5) is 0 Å². The molecule has 0 unspecified atom stereocenters. The topological polar surface area (TPSA) is 29.5 Å². The number of methoxy groups -OCH3 is 1. The summed E-state index contributed by atoms with van der Waals surface area (Å²) in [6.45, 7) is 3.03. The summed E-state index contributed by atoms with van der Waals surface area (Å²) in [7, 11) is 1.73. The van der Waals surface area contributed by atoms with Gasteiger partial charge in [-0.25, -0.2) is 0 Å². The van der Waals surface area contributed by atoms with Crippen molar-refractivity contribution in [2.75, 3.05) is 13.7 Å². The minimum Gasteiger partial charge on any atom is -0.393 e. The molecule has 0 radical (unpaired) electrons. The average molecular weight is 158 g/mol. The van der Waals surface area contributed by atoms with Gasteiger partial charge in [-0.05, 0) is 24.7 Å². The van der Waals surface area contributed by atoms with Crippen LogP contribution in [0.3, 0.4) is 0 Å². The van der Waals surface area contributed by atoms with Gasteiger partial charge in [0.1, 0.15) is 0 Å². The molecule has 0 bridgehead atoms. The Morgan fingerprint density at radius 3 is 2.55 bits per heavy atom. The van der Waals surface area contributed by atoms with Gasteiger partial charge in [-0.1, -0.05) is 13.3 Å². The highest BCUT2D eigenvalue weighted by Crippen LogP contribution is 2.46. The first-order chi connectivity index (χ1) is 5.22. The van der Waals surface area contributed by atoms with Crippen LogP contribution in [0.1, 0.15) is 32.6 Å². The molecule has 0 aliphatic heterocycles. The number of aliphatic hydroxyl groups is 1. The van der Waals surface area contributed by atoms with E-state index < -0.39 is 0 Å². The lowest BCUT2D eigenvalue weighted by atomic mass is 9.63. The third kappa shape index (κ3) is 1.94. The Morgan fingerprint density at radius 1 is 1.55 bits per heavy atom. The fourth-order valence-corrected chi connectivity index (χ4v) is 1.93. The van der Waals surface area contributed by atoms with Gasteiger partial charge < -0.3 is 9.84 Å². The van der Waals surface area contributed by atoms with Crippen molar-refractivity contribution in [2.45, 2.75) is 38.7 Å². The molecule has 66 valence electrons. The highest BCUT2D eigenvalue weighted by atomic mass is 16.5. The highest BCUT2D eigenvalue weighted by Gasteiger charge is 2.41. The Bertz CT molecular complexity index is 117. The Hall–Kier alpha value is -0.0800.